The molecule has 2 aromatic carbocycles. The van der Waals surface area contributed by atoms with E-state index in [9.17, 15) is 20.1 Å². The van der Waals surface area contributed by atoms with Gasteiger partial charge < -0.3 is 45.3 Å². The maximum atomic E-state index is 12.5. The first-order valence-corrected chi connectivity index (χ1v) is 21.2. The molecule has 290 valence electrons. The van der Waals surface area contributed by atoms with E-state index in [2.05, 4.69) is 15.3 Å². The van der Waals surface area contributed by atoms with Crippen molar-refractivity contribution in [1.82, 2.24) is 10.3 Å². The van der Waals surface area contributed by atoms with Crippen molar-refractivity contribution in [2.45, 2.75) is 99.9 Å². The number of esters is 1. The highest BCUT2D eigenvalue weighted by atomic mass is 33.1. The van der Waals surface area contributed by atoms with E-state index in [1.807, 2.05) is 45.9 Å². The Bertz CT molecular complexity index is 1820. The Morgan fingerprint density at radius 1 is 1.13 bits per heavy atom. The molecular weight excluding hydrogens is 729 g/mol. The minimum absolute atomic E-state index is 0.00623. The van der Waals surface area contributed by atoms with Crippen molar-refractivity contribution >= 4 is 33.5 Å². The summed E-state index contributed by atoms with van der Waals surface area (Å²) in [6.07, 6.45) is 8.92. The van der Waals surface area contributed by atoms with Crippen molar-refractivity contribution in [2.75, 3.05) is 19.4 Å². The highest BCUT2D eigenvalue weighted by Gasteiger charge is 2.50. The number of aliphatic imine (C=N–C) groups is 1. The van der Waals surface area contributed by atoms with Gasteiger partial charge in [-0.05, 0) is 85.5 Å². The molecule has 4 bridgehead atoms. The number of nitrogens with zero attached hydrogens (tertiary/aromatic N) is 2. The van der Waals surface area contributed by atoms with Gasteiger partial charge in [0.2, 0.25) is 5.75 Å². The minimum atomic E-state index is -0.550. The molecule has 0 amide bonds. The Balaban J connectivity index is 1.19. The molecule has 6 N–H and O–H groups in total. The summed E-state index contributed by atoms with van der Waals surface area (Å²) in [5, 5.41) is 36.3. The van der Waals surface area contributed by atoms with Gasteiger partial charge in [-0.3, -0.25) is 14.8 Å². The van der Waals surface area contributed by atoms with Crippen LogP contribution in [0.15, 0.2) is 59.9 Å². The van der Waals surface area contributed by atoms with Crippen molar-refractivity contribution < 1.29 is 39.1 Å². The molecule has 1 saturated heterocycles. The third-order valence-corrected chi connectivity index (χ3v) is 14.4. The van der Waals surface area contributed by atoms with E-state index in [0.717, 1.165) is 55.4 Å². The summed E-state index contributed by atoms with van der Waals surface area (Å²) < 4.78 is 25.7. The molecule has 2 aliphatic carbocycles. The molecule has 8 unspecified atom stereocenters. The topological polar surface area (TPSA) is 178 Å². The smallest absolute Gasteiger partial charge is 0.302 e. The molecule has 1 aromatic heterocycles. The van der Waals surface area contributed by atoms with Crippen LogP contribution in [0, 0.1) is 11.8 Å². The number of ether oxygens (including phenoxy) is 4. The molecule has 2 aliphatic heterocycles. The largest absolute Gasteiger partial charge is 0.504 e. The SMILES string of the molecule is CN=C(N)NC12CCCC(C1)Oc1cc(ccc1O)CC1C(CCC3C(OC(C)=O)CC(c4cc(O)c(O)c(OCCc5cccnc5)c4)OC31)SSC2. The Morgan fingerprint density at radius 3 is 2.80 bits per heavy atom. The second-order valence-electron chi connectivity index (χ2n) is 15.0. The van der Waals surface area contributed by atoms with Gasteiger partial charge in [-0.15, -0.1) is 0 Å². The molecule has 14 heteroatoms. The van der Waals surface area contributed by atoms with E-state index in [1.165, 1.54) is 13.0 Å². The van der Waals surface area contributed by atoms with Crippen LogP contribution in [0.4, 0.5) is 0 Å². The van der Waals surface area contributed by atoms with Crippen molar-refractivity contribution in [3.8, 4) is 28.7 Å². The number of phenols is 3. The van der Waals surface area contributed by atoms with Crippen LogP contribution < -0.4 is 20.5 Å². The number of carbonyl (C=O) groups excluding carboxylic acids is 1. The lowest BCUT2D eigenvalue weighted by Gasteiger charge is -2.50. The molecular formula is C40H50N4O8S2. The lowest BCUT2D eigenvalue weighted by molar-refractivity contribution is -0.191. The molecule has 54 heavy (non-hydrogen) atoms. The highest BCUT2D eigenvalue weighted by molar-refractivity contribution is 8.77. The molecule has 8 atom stereocenters. The number of hydrogen-bond donors (Lipinski definition) is 5. The zero-order chi connectivity index (χ0) is 37.8. The first-order valence-electron chi connectivity index (χ1n) is 18.8. The number of aromatic hydroxyl groups is 3. The highest BCUT2D eigenvalue weighted by Crippen LogP contribution is 2.52. The van der Waals surface area contributed by atoms with Gasteiger partial charge in [0, 0.05) is 68.5 Å². The van der Waals surface area contributed by atoms with E-state index in [0.29, 0.717) is 36.5 Å². The van der Waals surface area contributed by atoms with Crippen LogP contribution >= 0.6 is 21.6 Å². The number of pyridine rings is 1. The zero-order valence-electron chi connectivity index (χ0n) is 30.7. The number of aromatic nitrogens is 1. The third kappa shape index (κ3) is 8.76. The number of nitrogens with two attached hydrogens (primary N) is 1. The fourth-order valence-corrected chi connectivity index (χ4v) is 12.2. The van der Waals surface area contributed by atoms with Crippen molar-refractivity contribution in [1.29, 1.82) is 0 Å². The number of phenolic OH excluding ortho intramolecular Hbond substituents is 3. The van der Waals surface area contributed by atoms with Gasteiger partial charge in [0.15, 0.2) is 29.0 Å². The van der Waals surface area contributed by atoms with E-state index in [-0.39, 0.29) is 70.4 Å². The Kier molecular flexibility index (Phi) is 11.9. The van der Waals surface area contributed by atoms with E-state index < -0.39 is 12.2 Å². The monoisotopic (exact) mass is 778 g/mol. The van der Waals surface area contributed by atoms with Gasteiger partial charge in [-0.1, -0.05) is 33.7 Å². The Hall–Kier alpha value is -4.01. The summed E-state index contributed by atoms with van der Waals surface area (Å²) in [6, 6.07) is 12.6. The number of rotatable bonds is 7. The molecule has 2 saturated carbocycles. The van der Waals surface area contributed by atoms with E-state index in [4.69, 9.17) is 24.7 Å². The summed E-state index contributed by atoms with van der Waals surface area (Å²) in [5.74, 6) is 0.845. The predicted octanol–water partition coefficient (Wildman–Crippen LogP) is 6.21. The molecule has 3 fully saturated rings. The van der Waals surface area contributed by atoms with Gasteiger partial charge >= 0.3 is 5.97 Å². The van der Waals surface area contributed by atoms with E-state index >= 15 is 0 Å². The summed E-state index contributed by atoms with van der Waals surface area (Å²) in [7, 11) is 5.39. The van der Waals surface area contributed by atoms with Gasteiger partial charge in [0.25, 0.3) is 0 Å². The average molecular weight is 779 g/mol. The molecule has 3 heterocycles. The van der Waals surface area contributed by atoms with Crippen LogP contribution in [0.2, 0.25) is 0 Å². The minimum Gasteiger partial charge on any atom is -0.504 e. The van der Waals surface area contributed by atoms with Gasteiger partial charge in [-0.25, -0.2) is 0 Å². The number of nitrogens with one attached hydrogen (secondary N) is 1. The molecule has 12 nitrogen and oxygen atoms in total. The molecule has 3 aromatic rings. The molecule has 4 aliphatic rings. The average Bonchev–Trinajstić information content (AvgIpc) is 3.15. The fraction of sp³-hybridized carbons (Fsp3) is 0.525. The van der Waals surface area contributed by atoms with Crippen LogP contribution in [-0.2, 0) is 27.1 Å². The summed E-state index contributed by atoms with van der Waals surface area (Å²) in [4.78, 5) is 20.9. The van der Waals surface area contributed by atoms with Gasteiger partial charge in [0.1, 0.15) is 12.2 Å². The number of benzene rings is 2. The van der Waals surface area contributed by atoms with Crippen molar-refractivity contribution in [3.05, 3.63) is 71.5 Å². The molecule has 0 spiro atoms. The van der Waals surface area contributed by atoms with Gasteiger partial charge in [-0.2, -0.15) is 0 Å². The number of hydrogen-bond acceptors (Lipinski definition) is 12. The first kappa shape index (κ1) is 38.3. The third-order valence-electron chi connectivity index (χ3n) is 11.2. The van der Waals surface area contributed by atoms with Crippen LogP contribution in [0.3, 0.4) is 0 Å². The van der Waals surface area contributed by atoms with Crippen LogP contribution in [0.25, 0.3) is 0 Å². The van der Waals surface area contributed by atoms with Crippen molar-refractivity contribution in [3.63, 3.8) is 0 Å². The Labute approximate surface area is 324 Å². The standard InChI is InChI=1S/C40H50N4O8S2/c1-23(45)50-33-19-32(26-17-31(47)37(48)35(18-26)49-14-11-24-5-4-13-43-21-24)52-38-28(33)8-10-36-29(38)15-25-7-9-30(46)34(16-25)51-27-6-3-12-40(20-27,22-53-54-36)44-39(41)42-2/h4-5,7,9,13,16-18,21,27-29,32-33,36,38,46-48H,3,6,8,10-12,14-15,19-20,22H2,1-2H3,(H3,41,42,44). The lowest BCUT2D eigenvalue weighted by atomic mass is 9.70. The quantitative estimate of drug-likeness (QED) is 0.0602. The number of carbonyl (C=O) groups is 1. The van der Waals surface area contributed by atoms with Crippen molar-refractivity contribution in [2.24, 2.45) is 22.6 Å². The molecule has 7 rings (SSSR count). The fourth-order valence-electron chi connectivity index (χ4n) is 8.64. The zero-order valence-corrected chi connectivity index (χ0v) is 32.3. The first-order chi connectivity index (χ1) is 26.1. The van der Waals surface area contributed by atoms with E-state index in [1.54, 1.807) is 31.6 Å². The summed E-state index contributed by atoms with van der Waals surface area (Å²) >= 11 is 0. The van der Waals surface area contributed by atoms with Crippen LogP contribution in [0.1, 0.15) is 74.7 Å². The second kappa shape index (κ2) is 16.8. The maximum absolute atomic E-state index is 12.5. The lowest BCUT2D eigenvalue weighted by Crippen LogP contribution is -2.57. The van der Waals surface area contributed by atoms with Gasteiger partial charge in [0.05, 0.1) is 24.4 Å². The maximum Gasteiger partial charge on any atom is 0.302 e. The Morgan fingerprint density at radius 2 is 2.00 bits per heavy atom. The second-order valence-corrected chi connectivity index (χ2v) is 17.6. The summed E-state index contributed by atoms with van der Waals surface area (Å²) in [6.45, 7) is 1.70. The number of guanidine groups is 1. The predicted molar refractivity (Wildman–Crippen MR) is 209 cm³/mol. The van der Waals surface area contributed by atoms with Crippen LogP contribution in [-0.4, -0.2) is 80.7 Å². The normalized spacial score (nSPS) is 29.8. The number of fused-ring (bicyclic) bond motifs is 7. The molecule has 0 radical (unpaired) electrons. The summed E-state index contributed by atoms with van der Waals surface area (Å²) in [5.41, 5.74) is 8.57. The van der Waals surface area contributed by atoms with Crippen LogP contribution in [0.5, 0.6) is 28.7 Å².